The summed E-state index contributed by atoms with van der Waals surface area (Å²) in [6.07, 6.45) is 11.0. The first-order valence-electron chi connectivity index (χ1n) is 7.47. The Morgan fingerprint density at radius 2 is 2.19 bits per heavy atom. The van der Waals surface area contributed by atoms with E-state index in [4.69, 9.17) is 9.47 Å². The molecule has 0 bridgehead atoms. The molecular weight excluding hydrogens is 264 g/mol. The van der Waals surface area contributed by atoms with Crippen molar-refractivity contribution >= 4 is 29.6 Å². The van der Waals surface area contributed by atoms with Crippen LogP contribution in [0, 0.1) is 5.92 Å². The average molecular weight is 278 g/mol. The minimum Gasteiger partial charge on any atom is -0.422 e. The Labute approximate surface area is 121 Å². The second kappa shape index (κ2) is 3.88. The van der Waals surface area contributed by atoms with Gasteiger partial charge in [-0.25, -0.2) is 4.79 Å². The molecule has 1 aromatic rings. The zero-order valence-electron chi connectivity index (χ0n) is 11.5. The van der Waals surface area contributed by atoms with Gasteiger partial charge in [0.1, 0.15) is 0 Å². The van der Waals surface area contributed by atoms with Gasteiger partial charge in [0, 0.05) is 11.1 Å². The van der Waals surface area contributed by atoms with E-state index >= 15 is 0 Å². The van der Waals surface area contributed by atoms with Crippen molar-refractivity contribution in [3.05, 3.63) is 45.8 Å². The lowest BCUT2D eigenvalue weighted by atomic mass is 9.75. The maximum Gasteiger partial charge on any atom is 0.514 e. The lowest BCUT2D eigenvalue weighted by Gasteiger charge is -2.31. The van der Waals surface area contributed by atoms with Crippen molar-refractivity contribution in [3.8, 4) is 0 Å². The number of hydrogen-bond donors (Lipinski definition) is 0. The maximum absolute atomic E-state index is 11.7. The molecule has 2 atom stereocenters. The molecule has 3 nitrogen and oxygen atoms in total. The molecule has 0 amide bonds. The van der Waals surface area contributed by atoms with Crippen LogP contribution in [0.2, 0.25) is 0 Å². The summed E-state index contributed by atoms with van der Waals surface area (Å²) < 4.78 is 10.9. The summed E-state index contributed by atoms with van der Waals surface area (Å²) >= 11 is 0. The zero-order chi connectivity index (χ0) is 14.0. The zero-order valence-corrected chi connectivity index (χ0v) is 11.5. The highest BCUT2D eigenvalue weighted by Crippen LogP contribution is 2.42. The van der Waals surface area contributed by atoms with Crippen molar-refractivity contribution in [3.63, 3.8) is 0 Å². The monoisotopic (exact) mass is 278 g/mol. The van der Waals surface area contributed by atoms with Gasteiger partial charge in [-0.15, -0.1) is 0 Å². The van der Waals surface area contributed by atoms with Gasteiger partial charge >= 0.3 is 6.16 Å². The highest BCUT2D eigenvalue weighted by molar-refractivity contribution is 5.84. The van der Waals surface area contributed by atoms with Gasteiger partial charge in [-0.05, 0) is 41.2 Å². The van der Waals surface area contributed by atoms with E-state index in [9.17, 15) is 4.79 Å². The first-order chi connectivity index (χ1) is 10.3. The summed E-state index contributed by atoms with van der Waals surface area (Å²) in [6, 6.07) is 4.32. The van der Waals surface area contributed by atoms with E-state index in [0.717, 1.165) is 35.5 Å². The molecule has 1 aromatic carbocycles. The standard InChI is InChI=1S/C18H14O3/c19-18-20-16-14-6-2-1-5-12(14)13-9-8-10-4-3-7-11(10)15(13)17(16)21-18/h3-5,7-9,14,16H,1-2,6H2. The molecule has 0 N–H and O–H groups in total. The molecule has 1 heterocycles. The van der Waals surface area contributed by atoms with Crippen molar-refractivity contribution in [2.75, 3.05) is 0 Å². The second-order valence-electron chi connectivity index (χ2n) is 5.97. The molecular formula is C18H14O3. The third kappa shape index (κ3) is 1.41. The van der Waals surface area contributed by atoms with Gasteiger partial charge < -0.3 is 9.47 Å². The van der Waals surface area contributed by atoms with Crippen LogP contribution < -0.4 is 10.4 Å². The van der Waals surface area contributed by atoms with Crippen LogP contribution in [0.3, 0.4) is 0 Å². The maximum atomic E-state index is 11.7. The number of benzene rings is 1. The predicted octanol–water partition coefficient (Wildman–Crippen LogP) is 2.33. The number of carbonyl (C=O) groups is 1. The van der Waals surface area contributed by atoms with E-state index in [1.807, 2.05) is 6.08 Å². The minimum absolute atomic E-state index is 0.239. The van der Waals surface area contributed by atoms with Crippen molar-refractivity contribution in [1.29, 1.82) is 0 Å². The minimum atomic E-state index is -0.559. The predicted molar refractivity (Wildman–Crippen MR) is 79.3 cm³/mol. The Balaban J connectivity index is 1.93. The third-order valence-electron chi connectivity index (χ3n) is 4.90. The topological polar surface area (TPSA) is 35.5 Å². The Hall–Kier alpha value is -2.29. The van der Waals surface area contributed by atoms with E-state index in [1.165, 1.54) is 16.7 Å². The normalized spacial score (nSPS) is 27.7. The molecule has 4 aliphatic rings. The van der Waals surface area contributed by atoms with E-state index in [1.54, 1.807) is 0 Å². The molecule has 5 rings (SSSR count). The molecule has 1 aliphatic heterocycles. The van der Waals surface area contributed by atoms with Crippen molar-refractivity contribution < 1.29 is 14.3 Å². The molecule has 2 unspecified atom stereocenters. The third-order valence-corrected chi connectivity index (χ3v) is 4.90. The number of hydrogen-bond acceptors (Lipinski definition) is 3. The fourth-order valence-corrected chi connectivity index (χ4v) is 4.03. The number of rotatable bonds is 0. The SMILES string of the molecule is O=C1OC2=c3c(ccc4c3=CC=C4)C3=CCCCC3C2O1. The van der Waals surface area contributed by atoms with Gasteiger partial charge in [-0.3, -0.25) is 0 Å². The Morgan fingerprint density at radius 3 is 3.14 bits per heavy atom. The largest absolute Gasteiger partial charge is 0.514 e. The van der Waals surface area contributed by atoms with E-state index < -0.39 is 6.16 Å². The summed E-state index contributed by atoms with van der Waals surface area (Å²) in [5.74, 6) is 0.968. The van der Waals surface area contributed by atoms with Crippen molar-refractivity contribution in [2.24, 2.45) is 5.92 Å². The fourth-order valence-electron chi connectivity index (χ4n) is 4.03. The Bertz CT molecular complexity index is 857. The van der Waals surface area contributed by atoms with Crippen molar-refractivity contribution in [1.82, 2.24) is 0 Å². The summed E-state index contributed by atoms with van der Waals surface area (Å²) in [4.78, 5) is 11.7. The number of carbonyl (C=O) groups excluding carboxylic acids is 1. The number of fused-ring (bicyclic) bond motifs is 7. The fraction of sp³-hybridized carbons (Fsp3) is 0.278. The van der Waals surface area contributed by atoms with Crippen LogP contribution in [0.5, 0.6) is 0 Å². The summed E-state index contributed by atoms with van der Waals surface area (Å²) in [5, 5.41) is 2.20. The number of ether oxygens (including phenoxy) is 2. The smallest absolute Gasteiger partial charge is 0.422 e. The molecule has 3 heteroatoms. The quantitative estimate of drug-likeness (QED) is 0.683. The lowest BCUT2D eigenvalue weighted by Crippen LogP contribution is -2.41. The van der Waals surface area contributed by atoms with Crippen LogP contribution in [-0.4, -0.2) is 12.3 Å². The molecule has 1 fully saturated rings. The number of allylic oxidation sites excluding steroid dienone is 2. The molecule has 0 saturated carbocycles. The summed E-state index contributed by atoms with van der Waals surface area (Å²) in [5.41, 5.74) is 3.71. The van der Waals surface area contributed by atoms with Crippen LogP contribution >= 0.6 is 0 Å². The highest BCUT2D eigenvalue weighted by atomic mass is 16.8. The molecule has 104 valence electrons. The first-order valence-corrected chi connectivity index (χ1v) is 7.47. The lowest BCUT2D eigenvalue weighted by molar-refractivity contribution is 0.106. The molecule has 21 heavy (non-hydrogen) atoms. The Kier molecular flexibility index (Phi) is 2.10. The Morgan fingerprint density at radius 1 is 1.24 bits per heavy atom. The summed E-state index contributed by atoms with van der Waals surface area (Å²) in [7, 11) is 0. The van der Waals surface area contributed by atoms with E-state index in [-0.39, 0.29) is 12.0 Å². The van der Waals surface area contributed by atoms with Crippen LogP contribution in [0.1, 0.15) is 30.4 Å². The van der Waals surface area contributed by atoms with Crippen LogP contribution in [0.15, 0.2) is 24.3 Å². The van der Waals surface area contributed by atoms with Crippen molar-refractivity contribution in [2.45, 2.75) is 25.4 Å². The van der Waals surface area contributed by atoms with E-state index in [2.05, 4.69) is 30.4 Å². The summed E-state index contributed by atoms with van der Waals surface area (Å²) in [6.45, 7) is 0. The highest BCUT2D eigenvalue weighted by Gasteiger charge is 2.44. The van der Waals surface area contributed by atoms with Crippen LogP contribution in [-0.2, 0) is 9.47 Å². The van der Waals surface area contributed by atoms with Gasteiger partial charge in [-0.1, -0.05) is 36.4 Å². The molecule has 0 spiro atoms. The first kappa shape index (κ1) is 11.4. The van der Waals surface area contributed by atoms with Gasteiger partial charge in [0.05, 0.1) is 0 Å². The molecule has 0 aromatic heterocycles. The van der Waals surface area contributed by atoms with Crippen LogP contribution in [0.4, 0.5) is 4.79 Å². The van der Waals surface area contributed by atoms with Gasteiger partial charge in [0.2, 0.25) is 0 Å². The van der Waals surface area contributed by atoms with Crippen LogP contribution in [0.25, 0.3) is 23.5 Å². The average Bonchev–Trinajstić information content (AvgIpc) is 3.12. The second-order valence-corrected chi connectivity index (χ2v) is 5.97. The van der Waals surface area contributed by atoms with Gasteiger partial charge in [0.25, 0.3) is 0 Å². The molecule has 0 radical (unpaired) electrons. The van der Waals surface area contributed by atoms with Gasteiger partial charge in [-0.2, -0.15) is 0 Å². The molecule has 3 aliphatic carbocycles. The van der Waals surface area contributed by atoms with E-state index in [0.29, 0.717) is 0 Å². The van der Waals surface area contributed by atoms with Gasteiger partial charge in [0.15, 0.2) is 11.9 Å². The molecule has 1 saturated heterocycles.